The molecular weight excluding hydrogens is 238 g/mol. The molecule has 0 aromatic heterocycles. The fraction of sp³-hybridized carbons (Fsp3) is 0.562. The molecule has 1 aromatic carbocycles. The molecule has 0 aliphatic carbocycles. The monoisotopic (exact) mass is 261 g/mol. The minimum Gasteiger partial charge on any atom is -0.481 e. The van der Waals surface area contributed by atoms with Crippen molar-refractivity contribution in [2.75, 3.05) is 13.1 Å². The second-order valence-electron chi connectivity index (χ2n) is 5.63. The van der Waals surface area contributed by atoms with Crippen LogP contribution in [0.15, 0.2) is 12.1 Å². The van der Waals surface area contributed by atoms with Crippen molar-refractivity contribution in [1.29, 1.82) is 0 Å². The van der Waals surface area contributed by atoms with E-state index in [-0.39, 0.29) is 11.8 Å². The lowest BCUT2D eigenvalue weighted by atomic mass is 9.78. The molecule has 0 amide bonds. The Hall–Kier alpha value is -1.35. The molecule has 2 rings (SSSR count). The van der Waals surface area contributed by atoms with E-state index in [0.717, 1.165) is 37.1 Å². The topological polar surface area (TPSA) is 49.3 Å². The van der Waals surface area contributed by atoms with Crippen LogP contribution in [0.4, 0.5) is 0 Å². The maximum Gasteiger partial charge on any atom is 0.311 e. The average molecular weight is 261 g/mol. The molecule has 1 atom stereocenters. The minimum absolute atomic E-state index is 0.250. The second-order valence-corrected chi connectivity index (χ2v) is 5.63. The average Bonchev–Trinajstić information content (AvgIpc) is 2.40. The summed E-state index contributed by atoms with van der Waals surface area (Å²) in [5.74, 6) is -0.792. The number of aryl methyl sites for hydroxylation is 1. The first-order valence-electron chi connectivity index (χ1n) is 7.02. The van der Waals surface area contributed by atoms with Gasteiger partial charge in [0.1, 0.15) is 0 Å². The van der Waals surface area contributed by atoms with Gasteiger partial charge in [0.15, 0.2) is 0 Å². The Morgan fingerprint density at radius 3 is 2.42 bits per heavy atom. The Morgan fingerprint density at radius 2 is 1.84 bits per heavy atom. The van der Waals surface area contributed by atoms with E-state index in [4.69, 9.17) is 0 Å². The first-order valence-corrected chi connectivity index (χ1v) is 7.02. The number of carbonyl (C=O) groups is 1. The van der Waals surface area contributed by atoms with Gasteiger partial charge in [-0.15, -0.1) is 0 Å². The standard InChI is InChI=1S/C16H23NO2/c1-10-4-5-14(12(3)11(10)2)15(16(18)19)13-6-8-17-9-7-13/h4-5,13,15,17H,6-9H2,1-3H3,(H,18,19). The van der Waals surface area contributed by atoms with Crippen LogP contribution in [0.2, 0.25) is 0 Å². The van der Waals surface area contributed by atoms with Gasteiger partial charge in [-0.05, 0) is 74.9 Å². The van der Waals surface area contributed by atoms with E-state index >= 15 is 0 Å². The fourth-order valence-corrected chi connectivity index (χ4v) is 3.08. The maximum absolute atomic E-state index is 11.7. The number of carboxylic acid groups (broad SMARTS) is 1. The minimum atomic E-state index is -0.682. The van der Waals surface area contributed by atoms with Crippen molar-refractivity contribution in [3.8, 4) is 0 Å². The SMILES string of the molecule is Cc1ccc(C(C(=O)O)C2CCNCC2)c(C)c1C. The zero-order valence-corrected chi connectivity index (χ0v) is 12.0. The van der Waals surface area contributed by atoms with E-state index in [2.05, 4.69) is 32.2 Å². The number of rotatable bonds is 3. The highest BCUT2D eigenvalue weighted by atomic mass is 16.4. The Labute approximate surface area is 115 Å². The van der Waals surface area contributed by atoms with Crippen molar-refractivity contribution in [2.24, 2.45) is 5.92 Å². The number of piperidine rings is 1. The van der Waals surface area contributed by atoms with Crippen LogP contribution < -0.4 is 5.32 Å². The zero-order chi connectivity index (χ0) is 14.0. The van der Waals surface area contributed by atoms with E-state index in [1.807, 2.05) is 6.07 Å². The van der Waals surface area contributed by atoms with Crippen LogP contribution in [0.25, 0.3) is 0 Å². The molecule has 1 aromatic rings. The van der Waals surface area contributed by atoms with Crippen LogP contribution in [0.3, 0.4) is 0 Å². The van der Waals surface area contributed by atoms with Crippen LogP contribution >= 0.6 is 0 Å². The van der Waals surface area contributed by atoms with Crippen LogP contribution in [0, 0.1) is 26.7 Å². The summed E-state index contributed by atoms with van der Waals surface area (Å²) in [6, 6.07) is 4.06. The van der Waals surface area contributed by atoms with Gasteiger partial charge in [0, 0.05) is 0 Å². The summed E-state index contributed by atoms with van der Waals surface area (Å²) < 4.78 is 0. The maximum atomic E-state index is 11.7. The lowest BCUT2D eigenvalue weighted by molar-refractivity contribution is -0.140. The predicted octanol–water partition coefficient (Wildman–Crippen LogP) is 2.78. The molecule has 2 N–H and O–H groups in total. The molecule has 19 heavy (non-hydrogen) atoms. The molecule has 1 heterocycles. The summed E-state index contributed by atoms with van der Waals surface area (Å²) in [6.07, 6.45) is 1.90. The normalized spacial score (nSPS) is 18.3. The molecule has 3 nitrogen and oxygen atoms in total. The van der Waals surface area contributed by atoms with Gasteiger partial charge in [-0.25, -0.2) is 0 Å². The highest BCUT2D eigenvalue weighted by molar-refractivity contribution is 5.77. The van der Waals surface area contributed by atoms with Gasteiger partial charge in [0.25, 0.3) is 0 Å². The Morgan fingerprint density at radius 1 is 1.21 bits per heavy atom. The molecule has 1 unspecified atom stereocenters. The van der Waals surface area contributed by atoms with Crippen molar-refractivity contribution < 1.29 is 9.90 Å². The number of carboxylic acids is 1. The van der Waals surface area contributed by atoms with Gasteiger partial charge in [0.2, 0.25) is 0 Å². The number of nitrogens with one attached hydrogen (secondary N) is 1. The summed E-state index contributed by atoms with van der Waals surface area (Å²) in [4.78, 5) is 11.7. The second kappa shape index (κ2) is 5.74. The van der Waals surface area contributed by atoms with Crippen LogP contribution in [0.1, 0.15) is 41.0 Å². The van der Waals surface area contributed by atoms with Gasteiger partial charge in [-0.3, -0.25) is 4.79 Å². The molecule has 1 aliphatic heterocycles. The molecule has 0 saturated carbocycles. The largest absolute Gasteiger partial charge is 0.481 e. The summed E-state index contributed by atoms with van der Waals surface area (Å²) in [7, 11) is 0. The van der Waals surface area contributed by atoms with Crippen LogP contribution in [-0.2, 0) is 4.79 Å². The third-order valence-corrected chi connectivity index (χ3v) is 4.56. The van der Waals surface area contributed by atoms with E-state index in [1.165, 1.54) is 11.1 Å². The predicted molar refractivity (Wildman–Crippen MR) is 76.6 cm³/mol. The van der Waals surface area contributed by atoms with E-state index < -0.39 is 5.97 Å². The summed E-state index contributed by atoms with van der Waals surface area (Å²) in [5.41, 5.74) is 4.60. The molecule has 0 bridgehead atoms. The first kappa shape index (κ1) is 14.1. The quantitative estimate of drug-likeness (QED) is 0.879. The van der Waals surface area contributed by atoms with Gasteiger partial charge in [-0.2, -0.15) is 0 Å². The fourth-order valence-electron chi connectivity index (χ4n) is 3.08. The van der Waals surface area contributed by atoms with Crippen molar-refractivity contribution in [1.82, 2.24) is 5.32 Å². The lowest BCUT2D eigenvalue weighted by Gasteiger charge is -2.29. The van der Waals surface area contributed by atoms with Crippen molar-refractivity contribution >= 4 is 5.97 Å². The molecule has 1 aliphatic rings. The number of hydrogen-bond donors (Lipinski definition) is 2. The molecule has 0 spiro atoms. The zero-order valence-electron chi connectivity index (χ0n) is 12.0. The number of aliphatic carboxylic acids is 1. The Balaban J connectivity index is 2.39. The molecule has 104 valence electrons. The highest BCUT2D eigenvalue weighted by Crippen LogP contribution is 2.34. The van der Waals surface area contributed by atoms with E-state index in [1.54, 1.807) is 0 Å². The molecule has 1 fully saturated rings. The summed E-state index contributed by atoms with van der Waals surface area (Å²) in [5, 5.41) is 12.9. The molecule has 0 radical (unpaired) electrons. The van der Waals surface area contributed by atoms with Crippen LogP contribution in [-0.4, -0.2) is 24.2 Å². The van der Waals surface area contributed by atoms with E-state index in [0.29, 0.717) is 0 Å². The van der Waals surface area contributed by atoms with Gasteiger partial charge in [-0.1, -0.05) is 12.1 Å². The number of hydrogen-bond acceptors (Lipinski definition) is 2. The highest BCUT2D eigenvalue weighted by Gasteiger charge is 2.32. The van der Waals surface area contributed by atoms with Crippen molar-refractivity contribution in [3.05, 3.63) is 34.4 Å². The number of benzene rings is 1. The molecule has 3 heteroatoms. The molecular formula is C16H23NO2. The third-order valence-electron chi connectivity index (χ3n) is 4.56. The summed E-state index contributed by atoms with van der Waals surface area (Å²) >= 11 is 0. The smallest absolute Gasteiger partial charge is 0.311 e. The summed E-state index contributed by atoms with van der Waals surface area (Å²) in [6.45, 7) is 8.06. The lowest BCUT2D eigenvalue weighted by Crippen LogP contribution is -2.34. The van der Waals surface area contributed by atoms with Crippen molar-refractivity contribution in [2.45, 2.75) is 39.5 Å². The van der Waals surface area contributed by atoms with Gasteiger partial charge in [0.05, 0.1) is 5.92 Å². The third kappa shape index (κ3) is 2.81. The van der Waals surface area contributed by atoms with E-state index in [9.17, 15) is 9.90 Å². The van der Waals surface area contributed by atoms with Gasteiger partial charge < -0.3 is 10.4 Å². The molecule has 1 saturated heterocycles. The van der Waals surface area contributed by atoms with Gasteiger partial charge >= 0.3 is 5.97 Å². The first-order chi connectivity index (χ1) is 9.02. The van der Waals surface area contributed by atoms with Crippen molar-refractivity contribution in [3.63, 3.8) is 0 Å². The Kier molecular flexibility index (Phi) is 4.25. The Bertz CT molecular complexity index is 476. The van der Waals surface area contributed by atoms with Crippen LogP contribution in [0.5, 0.6) is 0 Å².